The average molecular weight is 286 g/mol. The Kier molecular flexibility index (Phi) is 4.57. The van der Waals surface area contributed by atoms with E-state index in [1.54, 1.807) is 37.3 Å². The van der Waals surface area contributed by atoms with Crippen molar-refractivity contribution >= 4 is 22.7 Å². The fourth-order valence-electron chi connectivity index (χ4n) is 1.77. The van der Waals surface area contributed by atoms with Gasteiger partial charge in [-0.25, -0.2) is 0 Å². The number of hydroxylamine groups is 1. The van der Waals surface area contributed by atoms with Crippen LogP contribution in [0.1, 0.15) is 6.92 Å². The molecular weight excluding hydrogens is 272 g/mol. The van der Waals surface area contributed by atoms with E-state index in [0.717, 1.165) is 5.06 Å². The molecule has 2 aromatic carbocycles. The van der Waals surface area contributed by atoms with Gasteiger partial charge < -0.3 is 0 Å². The van der Waals surface area contributed by atoms with E-state index in [2.05, 4.69) is 10.2 Å². The van der Waals surface area contributed by atoms with E-state index >= 15 is 0 Å². The monoisotopic (exact) mass is 286 g/mol. The molecule has 0 aliphatic heterocycles. The highest BCUT2D eigenvalue weighted by Gasteiger charge is 2.22. The Hall–Kier alpha value is -2.80. The van der Waals surface area contributed by atoms with E-state index in [-0.39, 0.29) is 23.6 Å². The lowest BCUT2D eigenvalue weighted by Gasteiger charge is -2.14. The molecule has 0 atom stereocenters. The van der Waals surface area contributed by atoms with Crippen molar-refractivity contribution in [1.82, 2.24) is 0 Å². The van der Waals surface area contributed by atoms with Crippen molar-refractivity contribution in [2.45, 2.75) is 6.92 Å². The molecule has 0 saturated heterocycles. The molecule has 2 aromatic rings. The van der Waals surface area contributed by atoms with Crippen LogP contribution in [0.2, 0.25) is 0 Å². The highest BCUT2D eigenvalue weighted by Crippen LogP contribution is 2.37. The summed E-state index contributed by atoms with van der Waals surface area (Å²) in [7, 11) is 0. The van der Waals surface area contributed by atoms with Crippen molar-refractivity contribution in [3.05, 3.63) is 58.6 Å². The molecule has 0 aliphatic rings. The number of nitro benzene ring substituents is 1. The molecule has 0 amide bonds. The number of hydrogen-bond donors (Lipinski definition) is 1. The molecule has 7 heteroatoms. The minimum Gasteiger partial charge on any atom is -0.288 e. The number of nitrogens with zero attached hydrogens (tertiary/aromatic N) is 4. The fourth-order valence-corrected chi connectivity index (χ4v) is 1.77. The first-order chi connectivity index (χ1) is 10.1. The number of azo groups is 1. The number of nitro groups is 1. The summed E-state index contributed by atoms with van der Waals surface area (Å²) < 4.78 is 0. The van der Waals surface area contributed by atoms with E-state index in [1.807, 2.05) is 6.07 Å². The molecule has 2 rings (SSSR count). The molecule has 108 valence electrons. The van der Waals surface area contributed by atoms with Crippen molar-refractivity contribution < 1.29 is 10.1 Å². The molecular formula is C14H14N4O3. The molecule has 1 N–H and O–H groups in total. The predicted octanol–water partition coefficient (Wildman–Crippen LogP) is 4.23. The van der Waals surface area contributed by atoms with Crippen LogP contribution in [0.3, 0.4) is 0 Å². The van der Waals surface area contributed by atoms with Crippen LogP contribution >= 0.6 is 0 Å². The minimum absolute atomic E-state index is 0.0898. The smallest absolute Gasteiger partial charge is 0.288 e. The van der Waals surface area contributed by atoms with Crippen molar-refractivity contribution in [1.29, 1.82) is 0 Å². The van der Waals surface area contributed by atoms with Gasteiger partial charge in [-0.15, -0.1) is 5.11 Å². The summed E-state index contributed by atoms with van der Waals surface area (Å²) in [5, 5.41) is 29.7. The zero-order valence-corrected chi connectivity index (χ0v) is 11.4. The van der Waals surface area contributed by atoms with Crippen molar-refractivity contribution in [2.75, 3.05) is 11.6 Å². The molecule has 0 radical (unpaired) electrons. The highest BCUT2D eigenvalue weighted by atomic mass is 16.6. The summed E-state index contributed by atoms with van der Waals surface area (Å²) in [5.74, 6) is 0. The molecule has 21 heavy (non-hydrogen) atoms. The second-order valence-electron chi connectivity index (χ2n) is 4.15. The molecule has 0 aromatic heterocycles. The van der Waals surface area contributed by atoms with Crippen LogP contribution in [-0.4, -0.2) is 16.7 Å². The summed E-state index contributed by atoms with van der Waals surface area (Å²) in [6.45, 7) is 1.90. The molecule has 7 nitrogen and oxygen atoms in total. The average Bonchev–Trinajstić information content (AvgIpc) is 2.52. The fraction of sp³-hybridized carbons (Fsp3) is 0.143. The van der Waals surface area contributed by atoms with E-state index < -0.39 is 4.92 Å². The summed E-state index contributed by atoms with van der Waals surface area (Å²) in [6.07, 6.45) is 0. The van der Waals surface area contributed by atoms with Crippen LogP contribution in [0.25, 0.3) is 0 Å². The Labute approximate surface area is 121 Å². The zero-order chi connectivity index (χ0) is 15.2. The first-order valence-corrected chi connectivity index (χ1v) is 6.34. The van der Waals surface area contributed by atoms with Crippen LogP contribution in [-0.2, 0) is 0 Å². The van der Waals surface area contributed by atoms with Crippen LogP contribution < -0.4 is 5.06 Å². The van der Waals surface area contributed by atoms with Gasteiger partial charge in [0.15, 0.2) is 5.69 Å². The topological polar surface area (TPSA) is 91.3 Å². The van der Waals surface area contributed by atoms with E-state index in [4.69, 9.17) is 0 Å². The van der Waals surface area contributed by atoms with Crippen LogP contribution in [0.5, 0.6) is 0 Å². The molecule has 0 saturated carbocycles. The maximum Gasteiger partial charge on any atom is 0.322 e. The first-order valence-electron chi connectivity index (χ1n) is 6.34. The summed E-state index contributed by atoms with van der Waals surface area (Å²) >= 11 is 0. The van der Waals surface area contributed by atoms with Crippen LogP contribution in [0.4, 0.5) is 22.7 Å². The van der Waals surface area contributed by atoms with Gasteiger partial charge in [0.2, 0.25) is 0 Å². The van der Waals surface area contributed by atoms with Gasteiger partial charge in [0, 0.05) is 6.54 Å². The summed E-state index contributed by atoms with van der Waals surface area (Å²) in [5.41, 5.74) is 0.496. The van der Waals surface area contributed by atoms with Gasteiger partial charge in [0.25, 0.3) is 0 Å². The number of hydrogen-bond acceptors (Lipinski definition) is 6. The second kappa shape index (κ2) is 6.58. The Morgan fingerprint density at radius 2 is 1.86 bits per heavy atom. The molecule has 0 fully saturated rings. The van der Waals surface area contributed by atoms with E-state index in [1.165, 1.54) is 12.1 Å². The quantitative estimate of drug-likeness (QED) is 0.506. The third-order valence-electron chi connectivity index (χ3n) is 2.78. The molecule has 0 unspecified atom stereocenters. The molecule has 0 bridgehead atoms. The van der Waals surface area contributed by atoms with Crippen LogP contribution in [0, 0.1) is 10.1 Å². The second-order valence-corrected chi connectivity index (χ2v) is 4.15. The van der Waals surface area contributed by atoms with E-state index in [0.29, 0.717) is 5.69 Å². The summed E-state index contributed by atoms with van der Waals surface area (Å²) in [6, 6.07) is 13.4. The van der Waals surface area contributed by atoms with Gasteiger partial charge in [-0.05, 0) is 31.2 Å². The number of para-hydroxylation sites is 1. The van der Waals surface area contributed by atoms with Crippen molar-refractivity contribution in [2.24, 2.45) is 10.2 Å². The minimum atomic E-state index is -0.576. The van der Waals surface area contributed by atoms with Gasteiger partial charge >= 0.3 is 5.69 Å². The van der Waals surface area contributed by atoms with Gasteiger partial charge in [-0.2, -0.15) is 5.11 Å². The molecule has 0 spiro atoms. The lowest BCUT2D eigenvalue weighted by Crippen LogP contribution is -2.18. The maximum atomic E-state index is 11.2. The third kappa shape index (κ3) is 3.40. The maximum absolute atomic E-state index is 11.2. The third-order valence-corrected chi connectivity index (χ3v) is 2.78. The van der Waals surface area contributed by atoms with Crippen LogP contribution in [0.15, 0.2) is 58.8 Å². The Balaban J connectivity index is 2.44. The Morgan fingerprint density at radius 1 is 1.14 bits per heavy atom. The van der Waals surface area contributed by atoms with Crippen molar-refractivity contribution in [3.8, 4) is 0 Å². The van der Waals surface area contributed by atoms with Gasteiger partial charge in [-0.1, -0.05) is 24.3 Å². The van der Waals surface area contributed by atoms with Gasteiger partial charge in [0.05, 0.1) is 10.6 Å². The Bertz CT molecular complexity index is 659. The molecule has 0 heterocycles. The lowest BCUT2D eigenvalue weighted by molar-refractivity contribution is -0.383. The number of benzene rings is 2. The summed E-state index contributed by atoms with van der Waals surface area (Å²) in [4.78, 5) is 10.7. The highest BCUT2D eigenvalue weighted by molar-refractivity contribution is 5.73. The van der Waals surface area contributed by atoms with Gasteiger partial charge in [-0.3, -0.25) is 20.4 Å². The molecule has 0 aliphatic carbocycles. The zero-order valence-electron chi connectivity index (χ0n) is 11.4. The SMILES string of the molecule is CCN(O)c1cccc(N=Nc2ccccc2)c1[N+](=O)[O-]. The van der Waals surface area contributed by atoms with Crippen molar-refractivity contribution in [3.63, 3.8) is 0 Å². The standard InChI is InChI=1S/C14H14N4O3/c1-2-17(19)13-10-6-9-12(14(13)18(20)21)16-15-11-7-4-3-5-8-11/h3-10,19H,2H2,1H3. The number of rotatable bonds is 5. The largest absolute Gasteiger partial charge is 0.322 e. The predicted molar refractivity (Wildman–Crippen MR) is 78.5 cm³/mol. The Morgan fingerprint density at radius 3 is 2.48 bits per heavy atom. The number of anilines is 1. The van der Waals surface area contributed by atoms with E-state index in [9.17, 15) is 15.3 Å². The normalized spacial score (nSPS) is 10.8. The van der Waals surface area contributed by atoms with Gasteiger partial charge in [0.1, 0.15) is 5.69 Å². The first kappa shape index (κ1) is 14.6. The lowest BCUT2D eigenvalue weighted by atomic mass is 10.2.